The van der Waals surface area contributed by atoms with Crippen molar-refractivity contribution in [2.45, 2.75) is 13.0 Å². The number of nitrogens with one attached hydrogen (secondary N) is 1. The van der Waals surface area contributed by atoms with Crippen LogP contribution in [0.1, 0.15) is 27.9 Å². The molecule has 4 rings (SSSR count). The van der Waals surface area contributed by atoms with Crippen molar-refractivity contribution in [1.82, 2.24) is 29.5 Å². The molecule has 0 bridgehead atoms. The molecule has 2 aromatic heterocycles. The van der Waals surface area contributed by atoms with Crippen molar-refractivity contribution >= 4 is 5.91 Å². The molecule has 1 saturated heterocycles. The van der Waals surface area contributed by atoms with E-state index in [2.05, 4.69) is 15.4 Å². The number of nitrogens with zero attached hydrogens (tertiary/aromatic N) is 5. The second-order valence-corrected chi connectivity index (χ2v) is 6.56. The van der Waals surface area contributed by atoms with Gasteiger partial charge < -0.3 is 14.8 Å². The maximum absolute atomic E-state index is 13.1. The number of piperazine rings is 1. The molecular formula is C19H22N6O. The van der Waals surface area contributed by atoms with E-state index >= 15 is 0 Å². The zero-order valence-electron chi connectivity index (χ0n) is 15.0. The Hall–Kier alpha value is -2.93. The molecule has 1 unspecified atom stereocenters. The highest BCUT2D eigenvalue weighted by Gasteiger charge is 2.30. The SMILES string of the molecule is Cc1ccn(-c2ccc(C(=O)N3CCNCC3c3nccn3C)cc2)n1. The Morgan fingerprint density at radius 3 is 2.65 bits per heavy atom. The molecule has 1 fully saturated rings. The number of benzene rings is 1. The molecule has 3 heterocycles. The van der Waals surface area contributed by atoms with Gasteiger partial charge in [-0.3, -0.25) is 4.79 Å². The molecule has 0 radical (unpaired) electrons. The van der Waals surface area contributed by atoms with Gasteiger partial charge in [0.2, 0.25) is 0 Å². The largest absolute Gasteiger partial charge is 0.336 e. The van der Waals surface area contributed by atoms with Crippen molar-refractivity contribution in [2.24, 2.45) is 7.05 Å². The number of hydrogen-bond donors (Lipinski definition) is 1. The van der Waals surface area contributed by atoms with E-state index < -0.39 is 0 Å². The molecule has 1 aromatic carbocycles. The third-order valence-electron chi connectivity index (χ3n) is 4.76. The second kappa shape index (κ2) is 6.76. The van der Waals surface area contributed by atoms with Crippen LogP contribution in [-0.4, -0.2) is 49.8 Å². The molecule has 134 valence electrons. The highest BCUT2D eigenvalue weighted by atomic mass is 16.2. The lowest BCUT2D eigenvalue weighted by Gasteiger charge is -2.35. The molecule has 1 atom stereocenters. The summed E-state index contributed by atoms with van der Waals surface area (Å²) < 4.78 is 3.78. The average Bonchev–Trinajstić information content (AvgIpc) is 3.29. The fourth-order valence-electron chi connectivity index (χ4n) is 3.36. The van der Waals surface area contributed by atoms with E-state index in [9.17, 15) is 4.79 Å². The number of amides is 1. The first kappa shape index (κ1) is 16.5. The van der Waals surface area contributed by atoms with Crippen LogP contribution in [0.25, 0.3) is 5.69 Å². The Morgan fingerprint density at radius 2 is 2.00 bits per heavy atom. The number of carbonyl (C=O) groups is 1. The van der Waals surface area contributed by atoms with Gasteiger partial charge in [0, 0.05) is 50.8 Å². The normalized spacial score (nSPS) is 17.5. The van der Waals surface area contributed by atoms with E-state index in [4.69, 9.17) is 0 Å². The number of aromatic nitrogens is 4. The molecule has 7 nitrogen and oxygen atoms in total. The summed E-state index contributed by atoms with van der Waals surface area (Å²) in [5, 5.41) is 7.76. The van der Waals surface area contributed by atoms with Gasteiger partial charge in [0.1, 0.15) is 11.9 Å². The minimum atomic E-state index is -0.0651. The van der Waals surface area contributed by atoms with Gasteiger partial charge in [-0.2, -0.15) is 5.10 Å². The number of carbonyl (C=O) groups excluding carboxylic acids is 1. The molecule has 0 aliphatic carbocycles. The van der Waals surface area contributed by atoms with E-state index in [1.54, 1.807) is 6.20 Å². The third kappa shape index (κ3) is 3.01. The van der Waals surface area contributed by atoms with Crippen molar-refractivity contribution in [3.05, 3.63) is 66.0 Å². The summed E-state index contributed by atoms with van der Waals surface area (Å²) in [6.45, 7) is 4.12. The maximum Gasteiger partial charge on any atom is 0.254 e. The molecule has 26 heavy (non-hydrogen) atoms. The van der Waals surface area contributed by atoms with Crippen LogP contribution in [-0.2, 0) is 7.05 Å². The van der Waals surface area contributed by atoms with Crippen LogP contribution in [0.4, 0.5) is 0 Å². The van der Waals surface area contributed by atoms with E-state index in [1.165, 1.54) is 0 Å². The van der Waals surface area contributed by atoms with Crippen molar-refractivity contribution in [1.29, 1.82) is 0 Å². The number of imidazole rings is 1. The van der Waals surface area contributed by atoms with Gasteiger partial charge in [0.25, 0.3) is 5.91 Å². The molecule has 0 spiro atoms. The number of aryl methyl sites for hydroxylation is 2. The molecule has 0 saturated carbocycles. The monoisotopic (exact) mass is 350 g/mol. The van der Waals surface area contributed by atoms with Crippen LogP contribution in [0.2, 0.25) is 0 Å². The Bertz CT molecular complexity index is 910. The lowest BCUT2D eigenvalue weighted by molar-refractivity contribution is 0.0621. The fraction of sp³-hybridized carbons (Fsp3) is 0.316. The topological polar surface area (TPSA) is 68.0 Å². The third-order valence-corrected chi connectivity index (χ3v) is 4.76. The highest BCUT2D eigenvalue weighted by Crippen LogP contribution is 2.23. The smallest absolute Gasteiger partial charge is 0.254 e. The second-order valence-electron chi connectivity index (χ2n) is 6.56. The zero-order valence-corrected chi connectivity index (χ0v) is 15.0. The molecule has 1 N–H and O–H groups in total. The summed E-state index contributed by atoms with van der Waals surface area (Å²) in [7, 11) is 1.96. The molecule has 7 heteroatoms. The molecule has 1 amide bonds. The van der Waals surface area contributed by atoms with Crippen molar-refractivity contribution in [3.8, 4) is 5.69 Å². The van der Waals surface area contributed by atoms with Crippen LogP contribution >= 0.6 is 0 Å². The van der Waals surface area contributed by atoms with Gasteiger partial charge >= 0.3 is 0 Å². The summed E-state index contributed by atoms with van der Waals surface area (Å²) in [6, 6.07) is 9.48. The summed E-state index contributed by atoms with van der Waals surface area (Å²) >= 11 is 0. The van der Waals surface area contributed by atoms with Gasteiger partial charge in [0.15, 0.2) is 0 Å². The van der Waals surface area contributed by atoms with Crippen LogP contribution in [0, 0.1) is 6.92 Å². The molecular weight excluding hydrogens is 328 g/mol. The minimum Gasteiger partial charge on any atom is -0.336 e. The van der Waals surface area contributed by atoms with E-state index in [1.807, 2.05) is 70.8 Å². The summed E-state index contributed by atoms with van der Waals surface area (Å²) in [5.41, 5.74) is 2.58. The molecule has 1 aliphatic rings. The van der Waals surface area contributed by atoms with E-state index in [0.717, 1.165) is 23.8 Å². The van der Waals surface area contributed by atoms with Gasteiger partial charge in [0.05, 0.1) is 11.4 Å². The van der Waals surface area contributed by atoms with Crippen molar-refractivity contribution in [3.63, 3.8) is 0 Å². The predicted octanol–water partition coefficient (Wildman–Crippen LogP) is 1.70. The molecule has 1 aliphatic heterocycles. The Morgan fingerprint density at radius 1 is 1.19 bits per heavy atom. The number of rotatable bonds is 3. The predicted molar refractivity (Wildman–Crippen MR) is 98.2 cm³/mol. The standard InChI is InChI=1S/C19H22N6O/c1-14-7-10-25(22-14)16-5-3-15(4-6-16)19(26)24-12-8-20-13-17(24)18-21-9-11-23(18)2/h3-7,9-11,17,20H,8,12-13H2,1-2H3. The Kier molecular flexibility index (Phi) is 4.30. The summed E-state index contributed by atoms with van der Waals surface area (Å²) in [6.07, 6.45) is 5.60. The van der Waals surface area contributed by atoms with Crippen LogP contribution < -0.4 is 5.32 Å². The zero-order chi connectivity index (χ0) is 18.1. The highest BCUT2D eigenvalue weighted by molar-refractivity contribution is 5.94. The minimum absolute atomic E-state index is 0.0303. The quantitative estimate of drug-likeness (QED) is 0.781. The van der Waals surface area contributed by atoms with E-state index in [0.29, 0.717) is 18.7 Å². The lowest BCUT2D eigenvalue weighted by Crippen LogP contribution is -2.49. The van der Waals surface area contributed by atoms with Gasteiger partial charge in [-0.15, -0.1) is 0 Å². The Balaban J connectivity index is 1.58. The van der Waals surface area contributed by atoms with E-state index in [-0.39, 0.29) is 11.9 Å². The first-order chi connectivity index (χ1) is 12.6. The van der Waals surface area contributed by atoms with Crippen LogP contribution in [0.5, 0.6) is 0 Å². The van der Waals surface area contributed by atoms with Crippen molar-refractivity contribution < 1.29 is 4.79 Å². The first-order valence-corrected chi connectivity index (χ1v) is 8.75. The van der Waals surface area contributed by atoms with Crippen LogP contribution in [0.15, 0.2) is 48.9 Å². The van der Waals surface area contributed by atoms with Gasteiger partial charge in [-0.05, 0) is 37.3 Å². The summed E-state index contributed by atoms with van der Waals surface area (Å²) in [4.78, 5) is 19.5. The Labute approximate surface area is 152 Å². The van der Waals surface area contributed by atoms with Crippen molar-refractivity contribution in [2.75, 3.05) is 19.6 Å². The number of hydrogen-bond acceptors (Lipinski definition) is 4. The summed E-state index contributed by atoms with van der Waals surface area (Å²) in [5.74, 6) is 0.928. The molecule has 3 aromatic rings. The fourth-order valence-corrected chi connectivity index (χ4v) is 3.36. The average molecular weight is 350 g/mol. The lowest BCUT2D eigenvalue weighted by atomic mass is 10.1. The van der Waals surface area contributed by atoms with Gasteiger partial charge in [-0.25, -0.2) is 9.67 Å². The van der Waals surface area contributed by atoms with Gasteiger partial charge in [-0.1, -0.05) is 0 Å². The van der Waals surface area contributed by atoms with Crippen LogP contribution in [0.3, 0.4) is 0 Å². The maximum atomic E-state index is 13.1. The first-order valence-electron chi connectivity index (χ1n) is 8.75.